The molecular weight excluding hydrogens is 284 g/mol. The van der Waals surface area contributed by atoms with Gasteiger partial charge in [-0.3, -0.25) is 4.79 Å². The molecule has 0 rings (SSSR count). The molecule has 1 amide bonds. The smallest absolute Gasteiger partial charge is 0.243 e. The highest BCUT2D eigenvalue weighted by atomic mass is 16.5. The van der Waals surface area contributed by atoms with Crippen LogP contribution in [-0.4, -0.2) is 76.9 Å². The first-order chi connectivity index (χ1) is 10.6. The van der Waals surface area contributed by atoms with Gasteiger partial charge in [0.25, 0.3) is 0 Å². The molecule has 22 heavy (non-hydrogen) atoms. The Hall–Kier alpha value is -1.34. The van der Waals surface area contributed by atoms with Crippen LogP contribution in [0.4, 0.5) is 0 Å². The van der Waals surface area contributed by atoms with Crippen molar-refractivity contribution >= 4 is 11.9 Å². The molecule has 0 aromatic rings. The van der Waals surface area contributed by atoms with Crippen molar-refractivity contribution in [1.82, 2.24) is 15.5 Å². The minimum Gasteiger partial charge on any atom is -0.382 e. The summed E-state index contributed by atoms with van der Waals surface area (Å²) >= 11 is 0. The maximum absolute atomic E-state index is 11.6. The summed E-state index contributed by atoms with van der Waals surface area (Å²) in [4.78, 5) is 17.4. The molecule has 0 spiro atoms. The molecule has 0 heterocycles. The number of nitrogens with one attached hydrogen (secondary N) is 2. The van der Waals surface area contributed by atoms with Gasteiger partial charge >= 0.3 is 0 Å². The maximum atomic E-state index is 11.6. The van der Waals surface area contributed by atoms with E-state index < -0.39 is 0 Å². The predicted molar refractivity (Wildman–Crippen MR) is 89.2 cm³/mol. The van der Waals surface area contributed by atoms with Crippen LogP contribution in [0.25, 0.3) is 0 Å². The molecule has 7 heteroatoms. The average molecular weight is 316 g/mol. The number of likely N-dealkylation sites (N-methyl/N-ethyl adjacent to an activating group) is 1. The Kier molecular flexibility index (Phi) is 13.7. The van der Waals surface area contributed by atoms with Crippen molar-refractivity contribution in [3.63, 3.8) is 0 Å². The Bertz CT molecular complexity index is 293. The van der Waals surface area contributed by atoms with E-state index in [1.54, 1.807) is 14.1 Å². The molecule has 0 fully saturated rings. The average Bonchev–Trinajstić information content (AvgIpc) is 2.50. The second-order valence-corrected chi connectivity index (χ2v) is 4.91. The Morgan fingerprint density at radius 2 is 1.50 bits per heavy atom. The largest absolute Gasteiger partial charge is 0.382 e. The van der Waals surface area contributed by atoms with Crippen LogP contribution in [-0.2, 0) is 14.3 Å². The van der Waals surface area contributed by atoms with Crippen molar-refractivity contribution in [2.75, 3.05) is 60.2 Å². The number of nitrogens with zero attached hydrogens (tertiary/aromatic N) is 2. The van der Waals surface area contributed by atoms with Crippen molar-refractivity contribution in [3.05, 3.63) is 0 Å². The monoisotopic (exact) mass is 316 g/mol. The van der Waals surface area contributed by atoms with Gasteiger partial charge in [-0.25, -0.2) is 4.99 Å². The highest BCUT2D eigenvalue weighted by molar-refractivity contribution is 5.84. The van der Waals surface area contributed by atoms with Gasteiger partial charge in [-0.2, -0.15) is 0 Å². The van der Waals surface area contributed by atoms with Gasteiger partial charge in [-0.1, -0.05) is 0 Å². The van der Waals surface area contributed by atoms with Crippen LogP contribution in [0.5, 0.6) is 0 Å². The summed E-state index contributed by atoms with van der Waals surface area (Å²) in [6, 6.07) is 0. The lowest BCUT2D eigenvalue weighted by Crippen LogP contribution is -2.40. The lowest BCUT2D eigenvalue weighted by Gasteiger charge is -2.13. The second kappa shape index (κ2) is 14.6. The van der Waals surface area contributed by atoms with E-state index in [9.17, 15) is 4.79 Å². The summed E-state index contributed by atoms with van der Waals surface area (Å²) in [5, 5.41) is 6.42. The fraction of sp³-hybridized carbons (Fsp3) is 0.867. The van der Waals surface area contributed by atoms with Crippen molar-refractivity contribution in [1.29, 1.82) is 0 Å². The molecule has 130 valence electrons. The molecule has 0 saturated carbocycles. The van der Waals surface area contributed by atoms with Gasteiger partial charge in [-0.05, 0) is 26.7 Å². The van der Waals surface area contributed by atoms with Gasteiger partial charge in [0.05, 0.1) is 0 Å². The van der Waals surface area contributed by atoms with Crippen LogP contribution in [0.2, 0.25) is 0 Å². The second-order valence-electron chi connectivity index (χ2n) is 4.91. The van der Waals surface area contributed by atoms with Crippen LogP contribution in [0.15, 0.2) is 4.99 Å². The van der Waals surface area contributed by atoms with Crippen LogP contribution in [0.1, 0.15) is 26.7 Å². The van der Waals surface area contributed by atoms with E-state index in [0.717, 1.165) is 52.4 Å². The molecule has 2 N–H and O–H groups in total. The number of hydrogen-bond donors (Lipinski definition) is 2. The Labute approximate surface area is 134 Å². The molecule has 0 atom stereocenters. The summed E-state index contributed by atoms with van der Waals surface area (Å²) in [6.45, 7) is 8.51. The van der Waals surface area contributed by atoms with Gasteiger partial charge in [0, 0.05) is 53.6 Å². The van der Waals surface area contributed by atoms with E-state index in [4.69, 9.17) is 9.47 Å². The Morgan fingerprint density at radius 3 is 1.91 bits per heavy atom. The van der Waals surface area contributed by atoms with Crippen molar-refractivity contribution < 1.29 is 14.3 Å². The zero-order valence-corrected chi connectivity index (χ0v) is 14.5. The Balaban J connectivity index is 4.12. The van der Waals surface area contributed by atoms with E-state index in [-0.39, 0.29) is 12.5 Å². The van der Waals surface area contributed by atoms with Gasteiger partial charge in [0.1, 0.15) is 6.54 Å². The minimum atomic E-state index is -0.0234. The summed E-state index contributed by atoms with van der Waals surface area (Å²) in [5.74, 6) is 0.632. The van der Waals surface area contributed by atoms with E-state index in [0.29, 0.717) is 5.96 Å². The van der Waals surface area contributed by atoms with Gasteiger partial charge in [0.2, 0.25) is 5.91 Å². The van der Waals surface area contributed by atoms with Crippen LogP contribution in [0, 0.1) is 0 Å². The van der Waals surface area contributed by atoms with Crippen LogP contribution >= 0.6 is 0 Å². The SMILES string of the molecule is CCOCCCNC(=NCC(=O)N(C)C)NCCCOCC. The topological polar surface area (TPSA) is 75.2 Å². The van der Waals surface area contributed by atoms with E-state index >= 15 is 0 Å². The first kappa shape index (κ1) is 20.7. The summed E-state index contributed by atoms with van der Waals surface area (Å²) in [6.07, 6.45) is 1.80. The normalized spacial score (nSPS) is 10.2. The number of rotatable bonds is 12. The minimum absolute atomic E-state index is 0.0234. The van der Waals surface area contributed by atoms with Crippen LogP contribution in [0.3, 0.4) is 0 Å². The third-order valence-electron chi connectivity index (χ3n) is 2.80. The van der Waals surface area contributed by atoms with Crippen molar-refractivity contribution in [2.45, 2.75) is 26.7 Å². The highest BCUT2D eigenvalue weighted by Crippen LogP contribution is 1.85. The highest BCUT2D eigenvalue weighted by Gasteiger charge is 2.04. The van der Waals surface area contributed by atoms with Gasteiger partial charge < -0.3 is 25.0 Å². The van der Waals surface area contributed by atoms with Crippen molar-refractivity contribution in [3.8, 4) is 0 Å². The van der Waals surface area contributed by atoms with E-state index in [1.807, 2.05) is 13.8 Å². The number of carbonyl (C=O) groups is 1. The van der Waals surface area contributed by atoms with Crippen LogP contribution < -0.4 is 10.6 Å². The summed E-state index contributed by atoms with van der Waals surface area (Å²) in [7, 11) is 3.45. The molecule has 0 bridgehead atoms. The summed E-state index contributed by atoms with van der Waals surface area (Å²) in [5.41, 5.74) is 0. The van der Waals surface area contributed by atoms with E-state index in [1.165, 1.54) is 4.90 Å². The lowest BCUT2D eigenvalue weighted by atomic mass is 10.4. The van der Waals surface area contributed by atoms with Gasteiger partial charge in [0.15, 0.2) is 5.96 Å². The number of carbonyl (C=O) groups excluding carboxylic acids is 1. The third-order valence-corrected chi connectivity index (χ3v) is 2.80. The first-order valence-electron chi connectivity index (χ1n) is 7.99. The lowest BCUT2D eigenvalue weighted by molar-refractivity contribution is -0.127. The molecule has 0 aromatic heterocycles. The van der Waals surface area contributed by atoms with Crippen molar-refractivity contribution in [2.24, 2.45) is 4.99 Å². The third kappa shape index (κ3) is 12.4. The zero-order chi connectivity index (χ0) is 16.6. The summed E-state index contributed by atoms with van der Waals surface area (Å²) < 4.78 is 10.6. The molecule has 0 saturated heterocycles. The molecule has 7 nitrogen and oxygen atoms in total. The maximum Gasteiger partial charge on any atom is 0.243 e. The van der Waals surface area contributed by atoms with Gasteiger partial charge in [-0.15, -0.1) is 0 Å². The molecular formula is C15H32N4O3. The van der Waals surface area contributed by atoms with E-state index in [2.05, 4.69) is 15.6 Å². The standard InChI is InChI=1S/C15H32N4O3/c1-5-21-11-7-9-16-15(17-10-8-12-22-6-2)18-13-14(20)19(3)4/h5-13H2,1-4H3,(H2,16,17,18). The first-order valence-corrected chi connectivity index (χ1v) is 7.99. The Morgan fingerprint density at radius 1 is 1.00 bits per heavy atom. The fourth-order valence-electron chi connectivity index (χ4n) is 1.51. The zero-order valence-electron chi connectivity index (χ0n) is 14.5. The molecule has 0 radical (unpaired) electrons. The predicted octanol–water partition coefficient (Wildman–Crippen LogP) is 0.463. The quantitative estimate of drug-likeness (QED) is 0.311. The number of amides is 1. The number of hydrogen-bond acceptors (Lipinski definition) is 4. The molecule has 0 aliphatic rings. The number of guanidine groups is 1. The molecule has 0 aliphatic carbocycles. The number of ether oxygens (including phenoxy) is 2. The molecule has 0 aliphatic heterocycles. The molecule has 0 aromatic carbocycles. The number of aliphatic imine (C=N–C) groups is 1. The fourth-order valence-corrected chi connectivity index (χ4v) is 1.51. The molecule has 0 unspecified atom stereocenters.